The van der Waals surface area contributed by atoms with Gasteiger partial charge in [0.1, 0.15) is 11.8 Å². The van der Waals surface area contributed by atoms with Crippen molar-refractivity contribution in [1.82, 2.24) is 0 Å². The maximum absolute atomic E-state index is 11.2. The molecule has 1 aliphatic carbocycles. The number of aliphatic hydroxyl groups is 1. The molecule has 2 aromatic carbocycles. The smallest absolute Gasteiger partial charge is 0.293 e. The van der Waals surface area contributed by atoms with Crippen LogP contribution >= 0.6 is 0 Å². The first-order chi connectivity index (χ1) is 9.50. The number of rotatable bonds is 2. The van der Waals surface area contributed by atoms with Crippen molar-refractivity contribution in [2.45, 2.75) is 6.10 Å². The molecule has 0 saturated carbocycles. The molecule has 0 saturated heterocycles. The van der Waals surface area contributed by atoms with Gasteiger partial charge in [-0.15, -0.1) is 0 Å². The van der Waals surface area contributed by atoms with Crippen LogP contribution in [0.25, 0.3) is 11.1 Å². The Labute approximate surface area is 116 Å². The SMILES string of the molecule is CN(C)c1cc2c(cc1[N+](=O)[O-])-c1ccccc1[C@@H]2O. The molecule has 0 spiro atoms. The van der Waals surface area contributed by atoms with Crippen LogP contribution in [0.5, 0.6) is 0 Å². The summed E-state index contributed by atoms with van der Waals surface area (Å²) in [5.74, 6) is 0. The van der Waals surface area contributed by atoms with Gasteiger partial charge in [-0.25, -0.2) is 0 Å². The predicted octanol–water partition coefficient (Wildman–Crippen LogP) is 2.72. The van der Waals surface area contributed by atoms with Crippen molar-refractivity contribution in [2.75, 3.05) is 19.0 Å². The lowest BCUT2D eigenvalue weighted by Crippen LogP contribution is -2.12. The van der Waals surface area contributed by atoms with E-state index in [9.17, 15) is 15.2 Å². The Morgan fingerprint density at radius 1 is 1.15 bits per heavy atom. The Morgan fingerprint density at radius 3 is 2.50 bits per heavy atom. The summed E-state index contributed by atoms with van der Waals surface area (Å²) in [6.07, 6.45) is -0.722. The summed E-state index contributed by atoms with van der Waals surface area (Å²) in [6, 6.07) is 10.7. The van der Waals surface area contributed by atoms with Crippen molar-refractivity contribution < 1.29 is 10.0 Å². The van der Waals surface area contributed by atoms with E-state index in [1.165, 1.54) is 0 Å². The second kappa shape index (κ2) is 4.31. The van der Waals surface area contributed by atoms with Gasteiger partial charge in [0.15, 0.2) is 0 Å². The number of anilines is 1. The van der Waals surface area contributed by atoms with Gasteiger partial charge >= 0.3 is 0 Å². The molecule has 102 valence electrons. The molecule has 0 unspecified atom stereocenters. The number of hydrogen-bond donors (Lipinski definition) is 1. The highest BCUT2D eigenvalue weighted by Gasteiger charge is 2.30. The van der Waals surface area contributed by atoms with Crippen molar-refractivity contribution in [3.05, 3.63) is 57.6 Å². The summed E-state index contributed by atoms with van der Waals surface area (Å²) in [7, 11) is 3.51. The summed E-state index contributed by atoms with van der Waals surface area (Å²) < 4.78 is 0. The summed E-state index contributed by atoms with van der Waals surface area (Å²) in [6.45, 7) is 0. The maximum Gasteiger partial charge on any atom is 0.293 e. The zero-order valence-corrected chi connectivity index (χ0v) is 11.2. The number of aliphatic hydroxyl groups excluding tert-OH is 1. The highest BCUT2D eigenvalue weighted by atomic mass is 16.6. The summed E-state index contributed by atoms with van der Waals surface area (Å²) in [4.78, 5) is 12.5. The van der Waals surface area contributed by atoms with Crippen LogP contribution in [0.3, 0.4) is 0 Å². The molecular formula is C15H14N2O3. The lowest BCUT2D eigenvalue weighted by molar-refractivity contribution is -0.384. The second-order valence-electron chi connectivity index (χ2n) is 5.07. The highest BCUT2D eigenvalue weighted by molar-refractivity contribution is 5.84. The molecule has 1 N–H and O–H groups in total. The van der Waals surface area contributed by atoms with Gasteiger partial charge < -0.3 is 10.0 Å². The Bertz CT molecular complexity index is 710. The summed E-state index contributed by atoms with van der Waals surface area (Å²) in [5.41, 5.74) is 3.68. The highest BCUT2D eigenvalue weighted by Crippen LogP contribution is 2.47. The Kier molecular flexibility index (Phi) is 2.72. The van der Waals surface area contributed by atoms with Gasteiger partial charge in [0.25, 0.3) is 5.69 Å². The second-order valence-corrected chi connectivity index (χ2v) is 5.07. The monoisotopic (exact) mass is 270 g/mol. The number of benzene rings is 2. The minimum atomic E-state index is -0.722. The van der Waals surface area contributed by atoms with Gasteiger partial charge in [-0.2, -0.15) is 0 Å². The van der Waals surface area contributed by atoms with Crippen molar-refractivity contribution in [1.29, 1.82) is 0 Å². The number of fused-ring (bicyclic) bond motifs is 3. The molecule has 2 aromatic rings. The first kappa shape index (κ1) is 12.6. The van der Waals surface area contributed by atoms with Crippen LogP contribution in [-0.4, -0.2) is 24.1 Å². The van der Waals surface area contributed by atoms with Crippen molar-refractivity contribution >= 4 is 11.4 Å². The van der Waals surface area contributed by atoms with E-state index in [0.717, 1.165) is 22.3 Å². The molecular weight excluding hydrogens is 256 g/mol. The molecule has 3 rings (SSSR count). The molecule has 20 heavy (non-hydrogen) atoms. The fraction of sp³-hybridized carbons (Fsp3) is 0.200. The summed E-state index contributed by atoms with van der Waals surface area (Å²) >= 11 is 0. The van der Waals surface area contributed by atoms with Crippen LogP contribution in [0.15, 0.2) is 36.4 Å². The van der Waals surface area contributed by atoms with Gasteiger partial charge in [0, 0.05) is 20.2 Å². The van der Waals surface area contributed by atoms with Crippen LogP contribution in [0.1, 0.15) is 17.2 Å². The minimum Gasteiger partial charge on any atom is -0.384 e. The molecule has 0 aromatic heterocycles. The molecule has 0 aliphatic heterocycles. The first-order valence-electron chi connectivity index (χ1n) is 6.27. The molecule has 0 heterocycles. The number of nitro groups is 1. The van der Waals surface area contributed by atoms with E-state index in [1.807, 2.05) is 24.3 Å². The zero-order valence-electron chi connectivity index (χ0n) is 11.2. The fourth-order valence-electron chi connectivity index (χ4n) is 2.71. The molecule has 0 fully saturated rings. The number of nitro benzene ring substituents is 1. The van der Waals surface area contributed by atoms with E-state index in [2.05, 4.69) is 0 Å². The molecule has 1 aliphatic rings. The average Bonchev–Trinajstić information content (AvgIpc) is 2.71. The van der Waals surface area contributed by atoms with Crippen molar-refractivity contribution in [3.63, 3.8) is 0 Å². The van der Waals surface area contributed by atoms with Crippen LogP contribution in [0.4, 0.5) is 11.4 Å². The average molecular weight is 270 g/mol. The van der Waals surface area contributed by atoms with Gasteiger partial charge in [-0.05, 0) is 28.3 Å². The topological polar surface area (TPSA) is 66.6 Å². The van der Waals surface area contributed by atoms with Gasteiger partial charge in [0.2, 0.25) is 0 Å². The van der Waals surface area contributed by atoms with Crippen LogP contribution < -0.4 is 4.90 Å². The van der Waals surface area contributed by atoms with E-state index in [0.29, 0.717) is 5.69 Å². The van der Waals surface area contributed by atoms with Gasteiger partial charge in [-0.3, -0.25) is 10.1 Å². The normalized spacial score (nSPS) is 15.7. The van der Waals surface area contributed by atoms with Crippen molar-refractivity contribution in [2.24, 2.45) is 0 Å². The number of nitrogens with zero attached hydrogens (tertiary/aromatic N) is 2. The maximum atomic E-state index is 11.2. The predicted molar refractivity (Wildman–Crippen MR) is 76.9 cm³/mol. The Balaban J connectivity index is 2.30. The molecule has 5 nitrogen and oxygen atoms in total. The van der Waals surface area contributed by atoms with Crippen LogP contribution in [0.2, 0.25) is 0 Å². The van der Waals surface area contributed by atoms with E-state index in [1.54, 1.807) is 31.1 Å². The molecule has 0 bridgehead atoms. The molecule has 1 atom stereocenters. The molecule has 0 radical (unpaired) electrons. The first-order valence-corrected chi connectivity index (χ1v) is 6.27. The standard InChI is InChI=1S/C15H14N2O3/c1-16(2)13-8-12-11(7-14(13)17(19)20)9-5-3-4-6-10(9)15(12)18/h3-8,15,18H,1-2H3/t15-/m0/s1. The third kappa shape index (κ3) is 1.67. The largest absolute Gasteiger partial charge is 0.384 e. The van der Waals surface area contributed by atoms with E-state index < -0.39 is 6.10 Å². The van der Waals surface area contributed by atoms with Crippen LogP contribution in [0, 0.1) is 10.1 Å². The number of hydrogen-bond acceptors (Lipinski definition) is 4. The van der Waals surface area contributed by atoms with Crippen molar-refractivity contribution in [3.8, 4) is 11.1 Å². The Hall–Kier alpha value is -2.40. The van der Waals surface area contributed by atoms with Crippen LogP contribution in [-0.2, 0) is 0 Å². The fourth-order valence-corrected chi connectivity index (χ4v) is 2.71. The van der Waals surface area contributed by atoms with E-state index in [-0.39, 0.29) is 10.6 Å². The Morgan fingerprint density at radius 2 is 1.85 bits per heavy atom. The third-order valence-corrected chi connectivity index (χ3v) is 3.67. The minimum absolute atomic E-state index is 0.0534. The van der Waals surface area contributed by atoms with Gasteiger partial charge in [0.05, 0.1) is 4.92 Å². The van der Waals surface area contributed by atoms with Gasteiger partial charge in [-0.1, -0.05) is 24.3 Å². The third-order valence-electron chi connectivity index (χ3n) is 3.67. The van der Waals surface area contributed by atoms with E-state index in [4.69, 9.17) is 0 Å². The molecule has 5 heteroatoms. The summed E-state index contributed by atoms with van der Waals surface area (Å²) in [5, 5.41) is 21.6. The molecule has 0 amide bonds. The lowest BCUT2D eigenvalue weighted by Gasteiger charge is -2.15. The van der Waals surface area contributed by atoms with E-state index >= 15 is 0 Å². The zero-order chi connectivity index (χ0) is 14.4. The lowest BCUT2D eigenvalue weighted by atomic mass is 10.0. The quantitative estimate of drug-likeness (QED) is 0.673.